The van der Waals surface area contributed by atoms with Gasteiger partial charge in [0, 0.05) is 0 Å². The van der Waals surface area contributed by atoms with Crippen molar-refractivity contribution in [3.63, 3.8) is 0 Å². The molecule has 0 fully saturated rings. The minimum absolute atomic E-state index is 0.203. The standard InChI is InChI=1S/C24H20N2O4S2Se2/c27-31(28,21-7-3-1-4-8-21)25-19-11-15-23(16-12-19)33-34-24-17-13-20(14-18-24)26-32(29,30)22-9-5-2-6-10-22/h1-18,25-26H. The fourth-order valence-corrected chi connectivity index (χ4v) is 11.0. The normalized spacial score (nSPS) is 11.6. The van der Waals surface area contributed by atoms with E-state index in [0.717, 1.165) is 8.92 Å². The third-order valence-electron chi connectivity index (χ3n) is 4.55. The van der Waals surface area contributed by atoms with E-state index in [4.69, 9.17) is 0 Å². The Bertz CT molecular complexity index is 1330. The second kappa shape index (κ2) is 10.8. The van der Waals surface area contributed by atoms with E-state index in [-0.39, 0.29) is 36.1 Å². The van der Waals surface area contributed by atoms with Gasteiger partial charge in [0.15, 0.2) is 0 Å². The molecule has 6 nitrogen and oxygen atoms in total. The Kier molecular flexibility index (Phi) is 7.78. The summed E-state index contributed by atoms with van der Waals surface area (Å²) < 4.78 is 57.3. The molecule has 0 unspecified atom stereocenters. The average Bonchev–Trinajstić information content (AvgIpc) is 2.85. The number of benzene rings is 4. The van der Waals surface area contributed by atoms with Crippen LogP contribution in [0.2, 0.25) is 0 Å². The molecule has 0 bridgehead atoms. The van der Waals surface area contributed by atoms with Gasteiger partial charge in [-0.15, -0.1) is 0 Å². The Morgan fingerprint density at radius 2 is 0.765 bits per heavy atom. The summed E-state index contributed by atoms with van der Waals surface area (Å²) in [6, 6.07) is 31.4. The van der Waals surface area contributed by atoms with Gasteiger partial charge in [-0.25, -0.2) is 0 Å². The molecule has 0 aliphatic carbocycles. The van der Waals surface area contributed by atoms with E-state index in [1.54, 1.807) is 84.9 Å². The topological polar surface area (TPSA) is 92.3 Å². The van der Waals surface area contributed by atoms with Crippen LogP contribution in [-0.2, 0) is 20.0 Å². The minimum atomic E-state index is -3.61. The summed E-state index contributed by atoms with van der Waals surface area (Å²) in [6.45, 7) is 0. The van der Waals surface area contributed by atoms with Gasteiger partial charge in [-0.05, 0) is 0 Å². The summed E-state index contributed by atoms with van der Waals surface area (Å²) in [5.41, 5.74) is 1.04. The number of sulfonamides is 2. The Balaban J connectivity index is 1.33. The monoisotopic (exact) mass is 624 g/mol. The van der Waals surface area contributed by atoms with Gasteiger partial charge >= 0.3 is 212 Å². The predicted octanol–water partition coefficient (Wildman–Crippen LogP) is 2.56. The fourth-order valence-electron chi connectivity index (χ4n) is 2.88. The Labute approximate surface area is 210 Å². The van der Waals surface area contributed by atoms with Crippen LogP contribution in [0.5, 0.6) is 0 Å². The van der Waals surface area contributed by atoms with Crippen molar-refractivity contribution in [1.82, 2.24) is 0 Å². The van der Waals surface area contributed by atoms with Crippen LogP contribution in [-0.4, -0.2) is 43.1 Å². The Morgan fingerprint density at radius 3 is 1.09 bits per heavy atom. The van der Waals surface area contributed by atoms with E-state index in [2.05, 4.69) is 9.44 Å². The first kappa shape index (κ1) is 24.5. The average molecular weight is 622 g/mol. The molecule has 0 aliphatic rings. The van der Waals surface area contributed by atoms with Crippen LogP contribution in [0.25, 0.3) is 0 Å². The number of rotatable bonds is 9. The van der Waals surface area contributed by atoms with Crippen molar-refractivity contribution in [2.24, 2.45) is 0 Å². The molecule has 0 saturated heterocycles. The number of hydrogen-bond acceptors (Lipinski definition) is 4. The molecule has 0 spiro atoms. The van der Waals surface area contributed by atoms with Crippen molar-refractivity contribution in [3.8, 4) is 0 Å². The molecule has 34 heavy (non-hydrogen) atoms. The van der Waals surface area contributed by atoms with E-state index in [1.807, 2.05) is 24.3 Å². The molecule has 2 N–H and O–H groups in total. The molecule has 0 aromatic heterocycles. The van der Waals surface area contributed by atoms with Gasteiger partial charge in [0.25, 0.3) is 0 Å². The van der Waals surface area contributed by atoms with Crippen molar-refractivity contribution in [2.45, 2.75) is 9.79 Å². The maximum atomic E-state index is 12.4. The van der Waals surface area contributed by atoms with E-state index in [9.17, 15) is 16.8 Å². The second-order valence-corrected chi connectivity index (χ2v) is 16.7. The maximum absolute atomic E-state index is 12.4. The number of nitrogens with one attached hydrogen (secondary N) is 2. The molecular weight excluding hydrogens is 602 g/mol. The van der Waals surface area contributed by atoms with E-state index < -0.39 is 20.0 Å². The fraction of sp³-hybridized carbons (Fsp3) is 0. The van der Waals surface area contributed by atoms with Crippen LogP contribution in [0.3, 0.4) is 0 Å². The number of hydrogen-bond donors (Lipinski definition) is 2. The number of anilines is 2. The summed E-state index contributed by atoms with van der Waals surface area (Å²) in [5.74, 6) is 0. The molecular formula is C24H20N2O4S2Se2. The third-order valence-corrected chi connectivity index (χ3v) is 14.6. The molecule has 0 saturated carbocycles. The van der Waals surface area contributed by atoms with Crippen LogP contribution in [0.1, 0.15) is 0 Å². The molecule has 0 aliphatic heterocycles. The molecule has 174 valence electrons. The summed E-state index contributed by atoms with van der Waals surface area (Å²) in [7, 11) is -7.21. The van der Waals surface area contributed by atoms with Gasteiger partial charge in [-0.1, -0.05) is 0 Å². The SMILES string of the molecule is O=S(=O)(Nc1ccc([Se][Se]c2ccc(NS(=O)(=O)c3ccccc3)cc2)cc1)c1ccccc1. The first-order chi connectivity index (χ1) is 16.3. The Hall–Kier alpha value is -2.58. The van der Waals surface area contributed by atoms with Crippen molar-refractivity contribution in [3.05, 3.63) is 109 Å². The van der Waals surface area contributed by atoms with Crippen LogP contribution in [0, 0.1) is 0 Å². The van der Waals surface area contributed by atoms with E-state index >= 15 is 0 Å². The van der Waals surface area contributed by atoms with Gasteiger partial charge < -0.3 is 0 Å². The molecule has 10 heteroatoms. The molecule has 0 amide bonds. The van der Waals surface area contributed by atoms with E-state index in [1.165, 1.54) is 0 Å². The second-order valence-electron chi connectivity index (χ2n) is 7.05. The molecule has 4 aromatic carbocycles. The van der Waals surface area contributed by atoms with Crippen molar-refractivity contribution in [1.29, 1.82) is 0 Å². The van der Waals surface area contributed by atoms with Crippen molar-refractivity contribution >= 4 is 66.6 Å². The zero-order chi connectivity index (χ0) is 24.0. The van der Waals surface area contributed by atoms with Gasteiger partial charge in [0.2, 0.25) is 0 Å². The summed E-state index contributed by atoms with van der Waals surface area (Å²) in [4.78, 5) is 0.447. The summed E-state index contributed by atoms with van der Waals surface area (Å²) in [5, 5.41) is 0. The molecule has 4 aromatic rings. The predicted molar refractivity (Wildman–Crippen MR) is 138 cm³/mol. The van der Waals surface area contributed by atoms with Crippen LogP contribution in [0.4, 0.5) is 11.4 Å². The van der Waals surface area contributed by atoms with Crippen LogP contribution in [0.15, 0.2) is 119 Å². The first-order valence-electron chi connectivity index (χ1n) is 10.0. The zero-order valence-electron chi connectivity index (χ0n) is 17.7. The Morgan fingerprint density at radius 1 is 0.441 bits per heavy atom. The zero-order valence-corrected chi connectivity index (χ0v) is 22.7. The quantitative estimate of drug-likeness (QED) is 0.281. The third kappa shape index (κ3) is 6.51. The van der Waals surface area contributed by atoms with Gasteiger partial charge in [-0.3, -0.25) is 0 Å². The van der Waals surface area contributed by atoms with Crippen LogP contribution >= 0.6 is 0 Å². The molecule has 0 atom stereocenters. The summed E-state index contributed by atoms with van der Waals surface area (Å²) >= 11 is 0.407. The van der Waals surface area contributed by atoms with Gasteiger partial charge in [0.05, 0.1) is 0 Å². The molecule has 4 rings (SSSR count). The van der Waals surface area contributed by atoms with Gasteiger partial charge in [0.1, 0.15) is 0 Å². The van der Waals surface area contributed by atoms with Crippen molar-refractivity contribution < 1.29 is 16.8 Å². The van der Waals surface area contributed by atoms with Crippen LogP contribution < -0.4 is 18.4 Å². The molecule has 0 radical (unpaired) electrons. The summed E-state index contributed by atoms with van der Waals surface area (Å²) in [6.07, 6.45) is 0. The first-order valence-corrected chi connectivity index (χ1v) is 19.0. The molecule has 0 heterocycles. The van der Waals surface area contributed by atoms with Crippen molar-refractivity contribution in [2.75, 3.05) is 9.44 Å². The van der Waals surface area contributed by atoms with Gasteiger partial charge in [-0.2, -0.15) is 0 Å². The van der Waals surface area contributed by atoms with E-state index in [0.29, 0.717) is 11.4 Å².